The zero-order valence-corrected chi connectivity index (χ0v) is 13.7. The van der Waals surface area contributed by atoms with E-state index in [4.69, 9.17) is 0 Å². The molecule has 1 amide bonds. The van der Waals surface area contributed by atoms with Gasteiger partial charge in [-0.25, -0.2) is 4.79 Å². The molecule has 1 fully saturated rings. The van der Waals surface area contributed by atoms with Crippen molar-refractivity contribution in [2.75, 3.05) is 0 Å². The number of carboxylic acid groups (broad SMARTS) is 1. The maximum atomic E-state index is 12.9. The summed E-state index contributed by atoms with van der Waals surface area (Å²) in [5, 5.41) is 17.6. The van der Waals surface area contributed by atoms with Crippen LogP contribution in [0, 0.1) is 18.8 Å². The standard InChI is InChI=1S/C16H24N4O3/c1-3-11-4-6-12(7-5-11)15(21)20-9-14-18-17-10(2)19(14)8-13(20)16(22)23/h11-13H,3-9H2,1-2H3,(H,22,23). The van der Waals surface area contributed by atoms with Gasteiger partial charge in [-0.15, -0.1) is 10.2 Å². The number of fused-ring (bicyclic) bond motifs is 1. The molecule has 7 heteroatoms. The van der Waals surface area contributed by atoms with Crippen molar-refractivity contribution in [3.8, 4) is 0 Å². The second-order valence-electron chi connectivity index (χ2n) is 6.72. The van der Waals surface area contributed by atoms with E-state index in [9.17, 15) is 14.7 Å². The molecule has 1 N–H and O–H groups in total. The van der Waals surface area contributed by atoms with E-state index in [2.05, 4.69) is 17.1 Å². The fraction of sp³-hybridized carbons (Fsp3) is 0.750. The first-order valence-electron chi connectivity index (χ1n) is 8.43. The Morgan fingerprint density at radius 2 is 1.91 bits per heavy atom. The minimum absolute atomic E-state index is 0.0288. The third-order valence-corrected chi connectivity index (χ3v) is 5.40. The van der Waals surface area contributed by atoms with E-state index in [-0.39, 0.29) is 24.9 Å². The van der Waals surface area contributed by atoms with Crippen molar-refractivity contribution in [2.45, 2.75) is 65.1 Å². The van der Waals surface area contributed by atoms with E-state index in [0.717, 1.165) is 32.1 Å². The molecule has 0 bridgehead atoms. The Balaban J connectivity index is 1.77. The molecule has 1 aromatic heterocycles. The number of carbonyl (C=O) groups is 2. The Hall–Kier alpha value is -1.92. The van der Waals surface area contributed by atoms with Gasteiger partial charge in [-0.1, -0.05) is 13.3 Å². The maximum absolute atomic E-state index is 12.9. The number of aliphatic carboxylic acids is 1. The highest BCUT2D eigenvalue weighted by molar-refractivity contribution is 5.85. The van der Waals surface area contributed by atoms with E-state index in [1.165, 1.54) is 4.90 Å². The summed E-state index contributed by atoms with van der Waals surface area (Å²) < 4.78 is 1.80. The second-order valence-corrected chi connectivity index (χ2v) is 6.72. The van der Waals surface area contributed by atoms with Crippen LogP contribution in [0.4, 0.5) is 0 Å². The average Bonchev–Trinajstić information content (AvgIpc) is 2.93. The zero-order chi connectivity index (χ0) is 16.6. The summed E-state index contributed by atoms with van der Waals surface area (Å²) in [5.74, 6) is 1.05. The Morgan fingerprint density at radius 1 is 1.22 bits per heavy atom. The number of aryl methyl sites for hydroxylation is 1. The molecule has 1 aliphatic carbocycles. The van der Waals surface area contributed by atoms with Gasteiger partial charge in [-0.2, -0.15) is 0 Å². The Labute approximate surface area is 135 Å². The fourth-order valence-electron chi connectivity index (χ4n) is 3.81. The summed E-state index contributed by atoms with van der Waals surface area (Å²) in [6.45, 7) is 4.47. The summed E-state index contributed by atoms with van der Waals surface area (Å²) in [5.41, 5.74) is 0. The van der Waals surface area contributed by atoms with Crippen LogP contribution in [0.2, 0.25) is 0 Å². The number of hydrogen-bond donors (Lipinski definition) is 1. The maximum Gasteiger partial charge on any atom is 0.328 e. The van der Waals surface area contributed by atoms with Gasteiger partial charge in [-0.05, 0) is 38.5 Å². The summed E-state index contributed by atoms with van der Waals surface area (Å²) in [6, 6.07) is -0.825. The average molecular weight is 320 g/mol. The van der Waals surface area contributed by atoms with Gasteiger partial charge in [0.25, 0.3) is 0 Å². The molecule has 23 heavy (non-hydrogen) atoms. The molecule has 0 radical (unpaired) electrons. The molecule has 1 saturated carbocycles. The van der Waals surface area contributed by atoms with Gasteiger partial charge in [0.2, 0.25) is 5.91 Å². The van der Waals surface area contributed by atoms with Gasteiger partial charge in [0.1, 0.15) is 11.9 Å². The molecule has 3 rings (SSSR count). The molecule has 126 valence electrons. The van der Waals surface area contributed by atoms with Gasteiger partial charge >= 0.3 is 5.97 Å². The van der Waals surface area contributed by atoms with Crippen LogP contribution in [0.25, 0.3) is 0 Å². The Kier molecular flexibility index (Phi) is 4.37. The number of carboxylic acids is 1. The summed E-state index contributed by atoms with van der Waals surface area (Å²) >= 11 is 0. The van der Waals surface area contributed by atoms with Crippen molar-refractivity contribution in [2.24, 2.45) is 11.8 Å². The number of amides is 1. The molecular weight excluding hydrogens is 296 g/mol. The molecule has 2 heterocycles. The minimum atomic E-state index is -0.959. The van der Waals surface area contributed by atoms with E-state index < -0.39 is 12.0 Å². The first-order chi connectivity index (χ1) is 11.0. The third-order valence-electron chi connectivity index (χ3n) is 5.40. The lowest BCUT2D eigenvalue weighted by atomic mass is 9.80. The lowest BCUT2D eigenvalue weighted by Gasteiger charge is -2.37. The van der Waals surface area contributed by atoms with Gasteiger partial charge in [0, 0.05) is 5.92 Å². The molecule has 7 nitrogen and oxygen atoms in total. The first kappa shape index (κ1) is 16.0. The molecule has 0 aromatic carbocycles. The van der Waals surface area contributed by atoms with E-state index in [1.54, 1.807) is 11.5 Å². The highest BCUT2D eigenvalue weighted by atomic mass is 16.4. The van der Waals surface area contributed by atoms with E-state index in [1.807, 2.05) is 0 Å². The fourth-order valence-corrected chi connectivity index (χ4v) is 3.81. The third kappa shape index (κ3) is 2.96. The quantitative estimate of drug-likeness (QED) is 0.914. The van der Waals surface area contributed by atoms with Crippen LogP contribution in [0.15, 0.2) is 0 Å². The summed E-state index contributed by atoms with van der Waals surface area (Å²) in [6.07, 6.45) is 5.02. The van der Waals surface area contributed by atoms with Crippen molar-refractivity contribution in [3.63, 3.8) is 0 Å². The van der Waals surface area contributed by atoms with Gasteiger partial charge in [0.15, 0.2) is 5.82 Å². The van der Waals surface area contributed by atoms with Crippen LogP contribution in [-0.2, 0) is 22.7 Å². The van der Waals surface area contributed by atoms with Crippen LogP contribution < -0.4 is 0 Å². The smallest absolute Gasteiger partial charge is 0.328 e. The molecule has 1 aromatic rings. The molecule has 2 aliphatic rings. The van der Waals surface area contributed by atoms with Crippen LogP contribution >= 0.6 is 0 Å². The van der Waals surface area contributed by atoms with E-state index in [0.29, 0.717) is 17.6 Å². The number of nitrogens with zero attached hydrogens (tertiary/aromatic N) is 4. The van der Waals surface area contributed by atoms with Crippen LogP contribution in [-0.4, -0.2) is 42.7 Å². The highest BCUT2D eigenvalue weighted by Crippen LogP contribution is 2.33. The lowest BCUT2D eigenvalue weighted by Crippen LogP contribution is -2.52. The molecule has 0 spiro atoms. The van der Waals surface area contributed by atoms with Crippen molar-refractivity contribution in [1.29, 1.82) is 0 Å². The zero-order valence-electron chi connectivity index (χ0n) is 13.7. The molecule has 1 unspecified atom stereocenters. The summed E-state index contributed by atoms with van der Waals surface area (Å²) in [7, 11) is 0. The summed E-state index contributed by atoms with van der Waals surface area (Å²) in [4.78, 5) is 26.0. The van der Waals surface area contributed by atoms with Crippen molar-refractivity contribution >= 4 is 11.9 Å². The molecule has 0 saturated heterocycles. The lowest BCUT2D eigenvalue weighted by molar-refractivity contribution is -0.155. The van der Waals surface area contributed by atoms with Crippen molar-refractivity contribution < 1.29 is 14.7 Å². The SMILES string of the molecule is CCC1CCC(C(=O)N2Cc3nnc(C)n3CC2C(=O)O)CC1. The molecule has 1 aliphatic heterocycles. The minimum Gasteiger partial charge on any atom is -0.480 e. The Bertz CT molecular complexity index is 604. The number of rotatable bonds is 3. The first-order valence-corrected chi connectivity index (χ1v) is 8.43. The Morgan fingerprint density at radius 3 is 2.52 bits per heavy atom. The monoisotopic (exact) mass is 320 g/mol. The number of hydrogen-bond acceptors (Lipinski definition) is 4. The molecule has 1 atom stereocenters. The largest absolute Gasteiger partial charge is 0.480 e. The van der Waals surface area contributed by atoms with Crippen LogP contribution in [0.1, 0.15) is 50.7 Å². The second kappa shape index (κ2) is 6.29. The normalized spacial score (nSPS) is 27.6. The van der Waals surface area contributed by atoms with Gasteiger partial charge < -0.3 is 14.6 Å². The van der Waals surface area contributed by atoms with Crippen molar-refractivity contribution in [1.82, 2.24) is 19.7 Å². The van der Waals surface area contributed by atoms with Gasteiger partial charge in [0.05, 0.1) is 13.1 Å². The highest BCUT2D eigenvalue weighted by Gasteiger charge is 2.39. The van der Waals surface area contributed by atoms with Crippen LogP contribution in [0.5, 0.6) is 0 Å². The van der Waals surface area contributed by atoms with Crippen molar-refractivity contribution in [3.05, 3.63) is 11.6 Å². The predicted molar refractivity (Wildman–Crippen MR) is 82.5 cm³/mol. The van der Waals surface area contributed by atoms with E-state index >= 15 is 0 Å². The topological polar surface area (TPSA) is 88.3 Å². The molecular formula is C16H24N4O3. The predicted octanol–water partition coefficient (Wildman–Crippen LogP) is 1.60. The van der Waals surface area contributed by atoms with Crippen LogP contribution in [0.3, 0.4) is 0 Å². The van der Waals surface area contributed by atoms with Gasteiger partial charge in [-0.3, -0.25) is 4.79 Å². The number of aromatic nitrogens is 3. The number of carbonyl (C=O) groups excluding carboxylic acids is 1.